The van der Waals surface area contributed by atoms with Gasteiger partial charge in [0.1, 0.15) is 6.61 Å². The monoisotopic (exact) mass is 274 g/mol. The number of halogens is 1. The van der Waals surface area contributed by atoms with Crippen molar-refractivity contribution in [1.82, 2.24) is 15.0 Å². The molecule has 6 nitrogen and oxygen atoms in total. The maximum atomic E-state index is 5.78. The van der Waals surface area contributed by atoms with E-state index in [2.05, 4.69) is 34.1 Å². The van der Waals surface area contributed by atoms with Crippen molar-refractivity contribution in [2.45, 2.75) is 26.7 Å². The summed E-state index contributed by atoms with van der Waals surface area (Å²) in [5.74, 6) is 0.432. The first-order chi connectivity index (χ1) is 8.76. The lowest BCUT2D eigenvalue weighted by atomic mass is 10.5. The lowest BCUT2D eigenvalue weighted by Crippen LogP contribution is -2.11. The van der Waals surface area contributed by atoms with E-state index in [9.17, 15) is 0 Å². The van der Waals surface area contributed by atoms with Gasteiger partial charge in [0, 0.05) is 13.2 Å². The fourth-order valence-electron chi connectivity index (χ4n) is 1.15. The van der Waals surface area contributed by atoms with E-state index >= 15 is 0 Å². The second kappa shape index (κ2) is 8.88. The lowest BCUT2D eigenvalue weighted by Gasteiger charge is -2.07. The van der Waals surface area contributed by atoms with Gasteiger partial charge in [-0.1, -0.05) is 13.8 Å². The normalized spacial score (nSPS) is 10.4. The zero-order chi connectivity index (χ0) is 13.2. The van der Waals surface area contributed by atoms with Gasteiger partial charge in [-0.25, -0.2) is 0 Å². The van der Waals surface area contributed by atoms with Crippen molar-refractivity contribution in [2.24, 2.45) is 0 Å². The highest BCUT2D eigenvalue weighted by Crippen LogP contribution is 2.11. The van der Waals surface area contributed by atoms with Crippen LogP contribution in [0.4, 0.5) is 5.95 Å². The Kier molecular flexibility index (Phi) is 7.36. The van der Waals surface area contributed by atoms with Crippen molar-refractivity contribution in [2.75, 3.05) is 31.7 Å². The van der Waals surface area contributed by atoms with Crippen LogP contribution in [0.5, 0.6) is 6.01 Å². The molecule has 1 rings (SSSR count). The van der Waals surface area contributed by atoms with Crippen molar-refractivity contribution < 1.29 is 9.47 Å². The number of hydrogen-bond donors (Lipinski definition) is 1. The molecule has 0 saturated heterocycles. The van der Waals surface area contributed by atoms with Crippen molar-refractivity contribution in [1.29, 1.82) is 0 Å². The van der Waals surface area contributed by atoms with Gasteiger partial charge in [-0.3, -0.25) is 0 Å². The van der Waals surface area contributed by atoms with Crippen LogP contribution >= 0.6 is 11.6 Å². The highest BCUT2D eigenvalue weighted by atomic mass is 35.5. The molecule has 0 radical (unpaired) electrons. The molecule has 0 aliphatic heterocycles. The number of nitrogens with one attached hydrogen (secondary N) is 1. The summed E-state index contributed by atoms with van der Waals surface area (Å²) in [6.45, 7) is 6.52. The van der Waals surface area contributed by atoms with Gasteiger partial charge in [-0.15, -0.1) is 0 Å². The first kappa shape index (κ1) is 14.9. The largest absolute Gasteiger partial charge is 0.461 e. The minimum Gasteiger partial charge on any atom is -0.461 e. The van der Waals surface area contributed by atoms with Crippen LogP contribution in [0.15, 0.2) is 0 Å². The average Bonchev–Trinajstić information content (AvgIpc) is 2.35. The number of rotatable bonds is 9. The number of hydrogen-bond acceptors (Lipinski definition) is 6. The van der Waals surface area contributed by atoms with E-state index in [1.54, 1.807) is 0 Å². The predicted molar refractivity (Wildman–Crippen MR) is 70.2 cm³/mol. The van der Waals surface area contributed by atoms with E-state index in [-0.39, 0.29) is 11.3 Å². The lowest BCUT2D eigenvalue weighted by molar-refractivity contribution is 0.0972. The fraction of sp³-hybridized carbons (Fsp3) is 0.727. The van der Waals surface area contributed by atoms with E-state index < -0.39 is 0 Å². The second-order valence-corrected chi connectivity index (χ2v) is 3.94. The average molecular weight is 275 g/mol. The van der Waals surface area contributed by atoms with E-state index in [0.717, 1.165) is 26.0 Å². The quantitative estimate of drug-likeness (QED) is 0.696. The first-order valence-corrected chi connectivity index (χ1v) is 6.50. The molecule has 0 aliphatic rings. The molecule has 0 bridgehead atoms. The maximum Gasteiger partial charge on any atom is 0.322 e. The molecule has 0 saturated carbocycles. The van der Waals surface area contributed by atoms with Crippen LogP contribution in [0.25, 0.3) is 0 Å². The SMILES string of the molecule is CCCNc1nc(Cl)nc(OCCOCCC)n1. The Morgan fingerprint density at radius 2 is 1.89 bits per heavy atom. The molecule has 18 heavy (non-hydrogen) atoms. The van der Waals surface area contributed by atoms with Gasteiger partial charge in [0.2, 0.25) is 11.2 Å². The molecule has 0 aromatic carbocycles. The van der Waals surface area contributed by atoms with Gasteiger partial charge in [-0.05, 0) is 24.4 Å². The number of ether oxygens (including phenoxy) is 2. The zero-order valence-corrected chi connectivity index (χ0v) is 11.5. The zero-order valence-electron chi connectivity index (χ0n) is 10.8. The van der Waals surface area contributed by atoms with Crippen LogP contribution < -0.4 is 10.1 Å². The Morgan fingerprint density at radius 3 is 2.61 bits per heavy atom. The molecular weight excluding hydrogens is 256 g/mol. The molecule has 1 heterocycles. The summed E-state index contributed by atoms with van der Waals surface area (Å²) in [7, 11) is 0. The van der Waals surface area contributed by atoms with Crippen LogP contribution in [-0.4, -0.2) is 41.3 Å². The Bertz CT molecular complexity index is 352. The molecule has 1 aromatic heterocycles. The van der Waals surface area contributed by atoms with Gasteiger partial charge >= 0.3 is 6.01 Å². The molecule has 0 atom stereocenters. The van der Waals surface area contributed by atoms with Gasteiger partial charge in [0.15, 0.2) is 0 Å². The van der Waals surface area contributed by atoms with Crippen molar-refractivity contribution in [3.63, 3.8) is 0 Å². The second-order valence-electron chi connectivity index (χ2n) is 3.60. The molecule has 0 unspecified atom stereocenters. The Morgan fingerprint density at radius 1 is 1.06 bits per heavy atom. The molecule has 0 aliphatic carbocycles. The van der Waals surface area contributed by atoms with Crippen LogP contribution in [0.2, 0.25) is 5.28 Å². The Balaban J connectivity index is 2.41. The van der Waals surface area contributed by atoms with Gasteiger partial charge in [0.05, 0.1) is 6.61 Å². The summed E-state index contributed by atoms with van der Waals surface area (Å²) in [4.78, 5) is 11.9. The van der Waals surface area contributed by atoms with E-state index in [4.69, 9.17) is 21.1 Å². The smallest absolute Gasteiger partial charge is 0.322 e. The number of aromatic nitrogens is 3. The van der Waals surface area contributed by atoms with Crippen molar-refractivity contribution >= 4 is 17.5 Å². The first-order valence-electron chi connectivity index (χ1n) is 6.12. The standard InChI is InChI=1S/C11H19ClN4O2/c1-3-5-13-10-14-9(12)15-11(16-10)18-8-7-17-6-4-2/h3-8H2,1-2H3,(H,13,14,15,16). The highest BCUT2D eigenvalue weighted by Gasteiger charge is 2.05. The molecule has 7 heteroatoms. The minimum absolute atomic E-state index is 0.119. The predicted octanol–water partition coefficient (Wildman–Crippen LogP) is 2.15. The summed E-state index contributed by atoms with van der Waals surface area (Å²) in [5.41, 5.74) is 0. The van der Waals surface area contributed by atoms with Gasteiger partial charge in [0.25, 0.3) is 0 Å². The van der Waals surface area contributed by atoms with E-state index in [1.807, 2.05) is 0 Å². The summed E-state index contributed by atoms with van der Waals surface area (Å²) in [6.07, 6.45) is 1.97. The van der Waals surface area contributed by atoms with Crippen LogP contribution in [-0.2, 0) is 4.74 Å². The van der Waals surface area contributed by atoms with E-state index in [0.29, 0.717) is 19.2 Å². The number of nitrogens with zero attached hydrogens (tertiary/aromatic N) is 3. The van der Waals surface area contributed by atoms with Crippen molar-refractivity contribution in [3.05, 3.63) is 5.28 Å². The van der Waals surface area contributed by atoms with E-state index in [1.165, 1.54) is 0 Å². The van der Waals surface area contributed by atoms with Gasteiger partial charge < -0.3 is 14.8 Å². The minimum atomic E-state index is 0.119. The third kappa shape index (κ3) is 5.97. The molecule has 1 aromatic rings. The third-order valence-electron chi connectivity index (χ3n) is 1.93. The fourth-order valence-corrected chi connectivity index (χ4v) is 1.30. The van der Waals surface area contributed by atoms with Crippen LogP contribution in [0.3, 0.4) is 0 Å². The van der Waals surface area contributed by atoms with Crippen molar-refractivity contribution in [3.8, 4) is 6.01 Å². The van der Waals surface area contributed by atoms with Gasteiger partial charge in [-0.2, -0.15) is 15.0 Å². The summed E-state index contributed by atoms with van der Waals surface area (Å²) < 4.78 is 10.6. The third-order valence-corrected chi connectivity index (χ3v) is 2.10. The highest BCUT2D eigenvalue weighted by molar-refractivity contribution is 6.28. The summed E-state index contributed by atoms with van der Waals surface area (Å²) in [5, 5.41) is 3.15. The molecule has 0 spiro atoms. The molecule has 0 fully saturated rings. The Hall–Kier alpha value is -1.14. The molecule has 0 amide bonds. The maximum absolute atomic E-state index is 5.78. The Labute approximate surface area is 112 Å². The topological polar surface area (TPSA) is 69.2 Å². The molecule has 102 valence electrons. The van der Waals surface area contributed by atoms with Crippen LogP contribution in [0, 0.1) is 0 Å². The number of anilines is 1. The summed E-state index contributed by atoms with van der Waals surface area (Å²) >= 11 is 5.78. The van der Waals surface area contributed by atoms with Crippen LogP contribution in [0.1, 0.15) is 26.7 Å². The molecule has 1 N–H and O–H groups in total. The molecular formula is C11H19ClN4O2. The summed E-state index contributed by atoms with van der Waals surface area (Å²) in [6, 6.07) is 0.216.